The van der Waals surface area contributed by atoms with Crippen molar-refractivity contribution >= 4 is 23.2 Å². The van der Waals surface area contributed by atoms with Gasteiger partial charge in [0.2, 0.25) is 5.91 Å². The van der Waals surface area contributed by atoms with Gasteiger partial charge in [0.05, 0.1) is 11.2 Å². The van der Waals surface area contributed by atoms with Gasteiger partial charge >= 0.3 is 0 Å². The number of thiazole rings is 1. The van der Waals surface area contributed by atoms with Crippen molar-refractivity contribution in [2.45, 2.75) is 27.3 Å². The Labute approximate surface area is 145 Å². The highest BCUT2D eigenvalue weighted by molar-refractivity contribution is 7.13. The van der Waals surface area contributed by atoms with Gasteiger partial charge in [-0.3, -0.25) is 9.59 Å². The molecule has 0 atom stereocenters. The first kappa shape index (κ1) is 16.6. The number of nitrogens with zero attached hydrogens (tertiary/aromatic N) is 3. The molecule has 0 unspecified atom stereocenters. The number of piperazine rings is 1. The fourth-order valence-electron chi connectivity index (χ4n) is 2.79. The van der Waals surface area contributed by atoms with Gasteiger partial charge < -0.3 is 9.80 Å². The Morgan fingerprint density at radius 2 is 2.00 bits per heavy atom. The predicted molar refractivity (Wildman–Crippen MR) is 94.1 cm³/mol. The molecule has 0 bridgehead atoms. The van der Waals surface area contributed by atoms with Crippen LogP contribution in [0.3, 0.4) is 0 Å². The molecule has 0 aliphatic carbocycles. The fraction of sp³-hybridized carbons (Fsp3) is 0.389. The van der Waals surface area contributed by atoms with E-state index >= 15 is 0 Å². The Morgan fingerprint density at radius 1 is 1.21 bits per heavy atom. The Morgan fingerprint density at radius 3 is 2.62 bits per heavy atom. The van der Waals surface area contributed by atoms with E-state index in [1.54, 1.807) is 11.1 Å². The molecule has 3 rings (SSSR count). The van der Waals surface area contributed by atoms with Gasteiger partial charge in [-0.05, 0) is 37.5 Å². The maximum atomic E-state index is 12.4. The molecule has 126 valence electrons. The highest BCUT2D eigenvalue weighted by Crippen LogP contribution is 2.18. The molecule has 5 nitrogen and oxygen atoms in total. The van der Waals surface area contributed by atoms with Gasteiger partial charge in [0.15, 0.2) is 0 Å². The molecular weight excluding hydrogens is 322 g/mol. The first-order chi connectivity index (χ1) is 11.4. The summed E-state index contributed by atoms with van der Waals surface area (Å²) in [5, 5.41) is 0.859. The summed E-state index contributed by atoms with van der Waals surface area (Å²) in [4.78, 5) is 33.0. The van der Waals surface area contributed by atoms with Gasteiger partial charge in [0.1, 0.15) is 11.4 Å². The molecule has 1 aromatic carbocycles. The second-order valence-electron chi connectivity index (χ2n) is 6.20. The summed E-state index contributed by atoms with van der Waals surface area (Å²) in [6, 6.07) is 6.27. The molecule has 6 heteroatoms. The van der Waals surface area contributed by atoms with Crippen molar-refractivity contribution in [3.8, 4) is 0 Å². The highest BCUT2D eigenvalue weighted by atomic mass is 32.1. The lowest BCUT2D eigenvalue weighted by atomic mass is 10.1. The van der Waals surface area contributed by atoms with Crippen molar-refractivity contribution in [2.24, 2.45) is 0 Å². The molecule has 1 aliphatic heterocycles. The van der Waals surface area contributed by atoms with E-state index in [4.69, 9.17) is 0 Å². The summed E-state index contributed by atoms with van der Waals surface area (Å²) in [5.74, 6) is -0.103. The lowest BCUT2D eigenvalue weighted by Crippen LogP contribution is -2.51. The lowest BCUT2D eigenvalue weighted by Gasteiger charge is -2.34. The number of hydrogen-bond acceptors (Lipinski definition) is 4. The number of rotatable bonds is 3. The van der Waals surface area contributed by atoms with Crippen LogP contribution >= 0.6 is 11.3 Å². The van der Waals surface area contributed by atoms with Crippen molar-refractivity contribution in [3.05, 3.63) is 51.0 Å². The Balaban J connectivity index is 1.63. The van der Waals surface area contributed by atoms with Gasteiger partial charge in [-0.1, -0.05) is 18.2 Å². The van der Waals surface area contributed by atoms with Crippen LogP contribution in [0.15, 0.2) is 24.4 Å². The van der Waals surface area contributed by atoms with Gasteiger partial charge in [-0.15, -0.1) is 11.3 Å². The van der Waals surface area contributed by atoms with E-state index in [0.29, 0.717) is 24.5 Å². The van der Waals surface area contributed by atoms with Crippen molar-refractivity contribution in [1.82, 2.24) is 14.8 Å². The molecule has 2 heterocycles. The van der Waals surface area contributed by atoms with Gasteiger partial charge in [0.25, 0.3) is 5.91 Å². The summed E-state index contributed by atoms with van der Waals surface area (Å²) < 4.78 is 0. The zero-order valence-electron chi connectivity index (χ0n) is 14.2. The van der Waals surface area contributed by atoms with Gasteiger partial charge in [-0.25, -0.2) is 4.98 Å². The molecule has 24 heavy (non-hydrogen) atoms. The third kappa shape index (κ3) is 3.48. The van der Waals surface area contributed by atoms with Crippen LogP contribution in [0.1, 0.15) is 31.4 Å². The summed E-state index contributed by atoms with van der Waals surface area (Å²) >= 11 is 1.37. The number of aromatic nitrogens is 1. The number of benzene rings is 1. The van der Waals surface area contributed by atoms with Crippen molar-refractivity contribution in [1.29, 1.82) is 0 Å². The minimum Gasteiger partial charge on any atom is -0.335 e. The number of carbonyl (C=O) groups excluding carboxylic acids is 2. The summed E-state index contributed by atoms with van der Waals surface area (Å²) in [5.41, 5.74) is 3.61. The van der Waals surface area contributed by atoms with Crippen LogP contribution in [0.4, 0.5) is 0 Å². The summed E-state index contributed by atoms with van der Waals surface area (Å²) in [7, 11) is 0. The van der Waals surface area contributed by atoms with Crippen molar-refractivity contribution < 1.29 is 9.59 Å². The van der Waals surface area contributed by atoms with Gasteiger partial charge in [-0.2, -0.15) is 0 Å². The number of amides is 2. The molecule has 0 spiro atoms. The zero-order valence-corrected chi connectivity index (χ0v) is 15.0. The van der Waals surface area contributed by atoms with Crippen LogP contribution in [0.25, 0.3) is 0 Å². The van der Waals surface area contributed by atoms with E-state index in [9.17, 15) is 9.59 Å². The third-order valence-corrected chi connectivity index (χ3v) is 5.28. The van der Waals surface area contributed by atoms with E-state index in [2.05, 4.69) is 37.0 Å². The highest BCUT2D eigenvalue weighted by Gasteiger charge is 2.28. The van der Waals surface area contributed by atoms with E-state index in [0.717, 1.165) is 10.6 Å². The topological polar surface area (TPSA) is 53.5 Å². The minimum atomic E-state index is -0.0974. The number of hydrogen-bond donors (Lipinski definition) is 0. The third-order valence-electron chi connectivity index (χ3n) is 4.38. The molecule has 1 fully saturated rings. The fourth-order valence-corrected chi connectivity index (χ4v) is 3.53. The quantitative estimate of drug-likeness (QED) is 0.861. The Kier molecular flexibility index (Phi) is 4.66. The molecular formula is C18H21N3O2S. The van der Waals surface area contributed by atoms with Gasteiger partial charge in [0, 0.05) is 19.6 Å². The SMILES string of the molecule is Cc1ncc(C(=O)N2CCN(Cc3ccc(C)c(C)c3)C(=O)C2)s1. The first-order valence-corrected chi connectivity index (χ1v) is 8.81. The zero-order chi connectivity index (χ0) is 17.3. The van der Waals surface area contributed by atoms with Crippen LogP contribution in [-0.4, -0.2) is 46.2 Å². The molecule has 0 saturated carbocycles. The molecule has 1 saturated heterocycles. The second kappa shape index (κ2) is 6.73. The van der Waals surface area contributed by atoms with E-state index in [1.807, 2.05) is 11.8 Å². The van der Waals surface area contributed by atoms with Crippen molar-refractivity contribution in [2.75, 3.05) is 19.6 Å². The van der Waals surface area contributed by atoms with Crippen LogP contribution < -0.4 is 0 Å². The maximum absolute atomic E-state index is 12.4. The molecule has 1 aromatic heterocycles. The van der Waals surface area contributed by atoms with Crippen molar-refractivity contribution in [3.63, 3.8) is 0 Å². The maximum Gasteiger partial charge on any atom is 0.266 e. The largest absolute Gasteiger partial charge is 0.335 e. The Bertz CT molecular complexity index is 784. The molecule has 0 radical (unpaired) electrons. The summed E-state index contributed by atoms with van der Waals surface area (Å²) in [6.07, 6.45) is 1.59. The second-order valence-corrected chi connectivity index (χ2v) is 7.44. The van der Waals surface area contributed by atoms with Crippen LogP contribution in [0, 0.1) is 20.8 Å². The van der Waals surface area contributed by atoms with E-state index in [-0.39, 0.29) is 18.4 Å². The smallest absolute Gasteiger partial charge is 0.266 e. The van der Waals surface area contributed by atoms with E-state index in [1.165, 1.54) is 22.5 Å². The standard InChI is InChI=1S/C18H21N3O2S/c1-12-4-5-15(8-13(12)2)10-20-6-7-21(11-17(20)22)18(23)16-9-19-14(3)24-16/h4-5,8-9H,6-7,10-11H2,1-3H3. The minimum absolute atomic E-state index is 0.00550. The van der Waals surface area contributed by atoms with Crippen LogP contribution in [-0.2, 0) is 11.3 Å². The van der Waals surface area contributed by atoms with Crippen LogP contribution in [0.2, 0.25) is 0 Å². The summed E-state index contributed by atoms with van der Waals surface area (Å²) in [6.45, 7) is 7.89. The number of aryl methyl sites for hydroxylation is 3. The monoisotopic (exact) mass is 343 g/mol. The molecule has 1 aliphatic rings. The molecule has 0 N–H and O–H groups in total. The normalized spacial score (nSPS) is 15.0. The number of carbonyl (C=O) groups is 2. The lowest BCUT2D eigenvalue weighted by molar-refractivity contribution is -0.135. The first-order valence-electron chi connectivity index (χ1n) is 7.99. The predicted octanol–water partition coefficient (Wildman–Crippen LogP) is 2.55. The average molecular weight is 343 g/mol. The van der Waals surface area contributed by atoms with E-state index < -0.39 is 0 Å². The Hall–Kier alpha value is -2.21. The molecule has 2 amide bonds. The average Bonchev–Trinajstić information content (AvgIpc) is 2.98. The molecule has 2 aromatic rings. The van der Waals surface area contributed by atoms with Crippen LogP contribution in [0.5, 0.6) is 0 Å².